The SMILES string of the molecule is Cc1oc(Br)cc1C(=O)CC1CCCC1. The van der Waals surface area contributed by atoms with Gasteiger partial charge in [0.05, 0.1) is 5.56 Å². The molecule has 3 heteroatoms. The summed E-state index contributed by atoms with van der Waals surface area (Å²) >= 11 is 3.25. The summed E-state index contributed by atoms with van der Waals surface area (Å²) < 4.78 is 5.94. The minimum atomic E-state index is 0.230. The Morgan fingerprint density at radius 1 is 1.53 bits per heavy atom. The van der Waals surface area contributed by atoms with E-state index < -0.39 is 0 Å². The lowest BCUT2D eigenvalue weighted by Crippen LogP contribution is -2.05. The summed E-state index contributed by atoms with van der Waals surface area (Å²) in [6, 6.07) is 1.78. The molecule has 2 nitrogen and oxygen atoms in total. The Labute approximate surface area is 98.2 Å². The van der Waals surface area contributed by atoms with Gasteiger partial charge in [0.1, 0.15) is 5.76 Å². The molecule has 0 unspecified atom stereocenters. The van der Waals surface area contributed by atoms with Crippen LogP contribution in [0.25, 0.3) is 0 Å². The number of Topliss-reactive ketones (excluding diaryl/α,β-unsaturated/α-hetero) is 1. The fourth-order valence-corrected chi connectivity index (χ4v) is 2.78. The first-order chi connectivity index (χ1) is 7.16. The van der Waals surface area contributed by atoms with E-state index in [-0.39, 0.29) is 5.78 Å². The zero-order chi connectivity index (χ0) is 10.8. The lowest BCUT2D eigenvalue weighted by molar-refractivity contribution is 0.0960. The molecular weight excluding hydrogens is 256 g/mol. The van der Waals surface area contributed by atoms with Crippen LogP contribution in [0.1, 0.15) is 48.2 Å². The Hall–Kier alpha value is -0.570. The second-order valence-electron chi connectivity index (χ2n) is 4.30. The minimum absolute atomic E-state index is 0.230. The Morgan fingerprint density at radius 2 is 2.20 bits per heavy atom. The second kappa shape index (κ2) is 4.52. The van der Waals surface area contributed by atoms with Crippen molar-refractivity contribution in [1.29, 1.82) is 0 Å². The zero-order valence-electron chi connectivity index (χ0n) is 8.88. The maximum absolute atomic E-state index is 12.0. The first-order valence-corrected chi connectivity index (χ1v) is 6.25. The summed E-state index contributed by atoms with van der Waals surface area (Å²) in [6.07, 6.45) is 5.68. The van der Waals surface area contributed by atoms with Crippen LogP contribution in [0, 0.1) is 12.8 Å². The van der Waals surface area contributed by atoms with Gasteiger partial charge in [-0.05, 0) is 28.8 Å². The van der Waals surface area contributed by atoms with Crippen LogP contribution in [-0.4, -0.2) is 5.78 Å². The van der Waals surface area contributed by atoms with E-state index in [1.165, 1.54) is 25.7 Å². The molecule has 1 aliphatic rings. The molecule has 0 N–H and O–H groups in total. The molecule has 0 bridgehead atoms. The normalized spacial score (nSPS) is 17.2. The molecule has 0 saturated heterocycles. The van der Waals surface area contributed by atoms with Crippen LogP contribution in [0.3, 0.4) is 0 Å². The van der Waals surface area contributed by atoms with E-state index in [0.29, 0.717) is 17.0 Å². The number of hydrogen-bond donors (Lipinski definition) is 0. The Morgan fingerprint density at radius 3 is 2.73 bits per heavy atom. The monoisotopic (exact) mass is 270 g/mol. The number of furan rings is 1. The molecule has 1 aliphatic carbocycles. The number of rotatable bonds is 3. The predicted octanol–water partition coefficient (Wildman–Crippen LogP) is 4.11. The minimum Gasteiger partial charge on any atom is -0.454 e. The molecule has 1 aromatic heterocycles. The van der Waals surface area contributed by atoms with Gasteiger partial charge in [-0.2, -0.15) is 0 Å². The van der Waals surface area contributed by atoms with Crippen LogP contribution in [0.4, 0.5) is 0 Å². The van der Waals surface area contributed by atoms with Gasteiger partial charge in [0, 0.05) is 12.5 Å². The Balaban J connectivity index is 2.03. The number of carbonyl (C=O) groups is 1. The third-order valence-electron chi connectivity index (χ3n) is 3.14. The molecule has 0 atom stereocenters. The maximum atomic E-state index is 12.0. The van der Waals surface area contributed by atoms with Gasteiger partial charge in [0.2, 0.25) is 0 Å². The van der Waals surface area contributed by atoms with Crippen molar-refractivity contribution in [3.8, 4) is 0 Å². The highest BCUT2D eigenvalue weighted by molar-refractivity contribution is 9.10. The average Bonchev–Trinajstić information content (AvgIpc) is 2.75. The van der Waals surface area contributed by atoms with E-state index >= 15 is 0 Å². The van der Waals surface area contributed by atoms with Gasteiger partial charge in [-0.1, -0.05) is 25.7 Å². The number of carbonyl (C=O) groups excluding carboxylic acids is 1. The number of aryl methyl sites for hydroxylation is 1. The lowest BCUT2D eigenvalue weighted by Gasteiger charge is -2.06. The van der Waals surface area contributed by atoms with Crippen LogP contribution in [-0.2, 0) is 0 Å². The van der Waals surface area contributed by atoms with Crippen LogP contribution in [0.5, 0.6) is 0 Å². The molecule has 1 heterocycles. The average molecular weight is 271 g/mol. The standard InChI is InChI=1S/C12H15BrO2/c1-8-10(7-12(13)15-8)11(14)6-9-4-2-3-5-9/h7,9H,2-6H2,1H3. The van der Waals surface area contributed by atoms with Crippen molar-refractivity contribution in [2.75, 3.05) is 0 Å². The summed E-state index contributed by atoms with van der Waals surface area (Å²) in [5, 5.41) is 0. The number of ketones is 1. The first-order valence-electron chi connectivity index (χ1n) is 5.46. The highest BCUT2D eigenvalue weighted by Gasteiger charge is 2.21. The van der Waals surface area contributed by atoms with Crippen molar-refractivity contribution in [2.45, 2.75) is 39.0 Å². The molecule has 0 amide bonds. The van der Waals surface area contributed by atoms with Crippen LogP contribution >= 0.6 is 15.9 Å². The van der Waals surface area contributed by atoms with E-state index in [9.17, 15) is 4.79 Å². The molecule has 0 aromatic carbocycles. The molecule has 1 aromatic rings. The summed E-state index contributed by atoms with van der Waals surface area (Å²) in [5.74, 6) is 1.56. The van der Waals surface area contributed by atoms with E-state index in [0.717, 1.165) is 11.3 Å². The first kappa shape index (κ1) is 10.9. The van der Waals surface area contributed by atoms with Crippen molar-refractivity contribution < 1.29 is 9.21 Å². The van der Waals surface area contributed by atoms with Crippen molar-refractivity contribution in [3.63, 3.8) is 0 Å². The van der Waals surface area contributed by atoms with Gasteiger partial charge in [0.15, 0.2) is 10.5 Å². The third kappa shape index (κ3) is 2.51. The topological polar surface area (TPSA) is 30.2 Å². The summed E-state index contributed by atoms with van der Waals surface area (Å²) in [6.45, 7) is 1.84. The van der Waals surface area contributed by atoms with Crippen LogP contribution < -0.4 is 0 Å². The molecule has 82 valence electrons. The van der Waals surface area contributed by atoms with Crippen LogP contribution in [0.15, 0.2) is 15.2 Å². The molecule has 2 rings (SSSR count). The Bertz CT molecular complexity index is 362. The Kier molecular flexibility index (Phi) is 3.29. The van der Waals surface area contributed by atoms with Gasteiger partial charge in [-0.25, -0.2) is 0 Å². The van der Waals surface area contributed by atoms with Gasteiger partial charge in [0.25, 0.3) is 0 Å². The smallest absolute Gasteiger partial charge is 0.170 e. The summed E-state index contributed by atoms with van der Waals surface area (Å²) in [5.41, 5.74) is 0.744. The number of hydrogen-bond acceptors (Lipinski definition) is 2. The summed E-state index contributed by atoms with van der Waals surface area (Å²) in [4.78, 5) is 12.0. The maximum Gasteiger partial charge on any atom is 0.170 e. The van der Waals surface area contributed by atoms with Gasteiger partial charge in [-0.15, -0.1) is 0 Å². The molecule has 1 saturated carbocycles. The van der Waals surface area contributed by atoms with Crippen LogP contribution in [0.2, 0.25) is 0 Å². The van der Waals surface area contributed by atoms with Crippen molar-refractivity contribution >= 4 is 21.7 Å². The third-order valence-corrected chi connectivity index (χ3v) is 3.53. The molecule has 1 fully saturated rings. The number of halogens is 1. The molecule has 0 aliphatic heterocycles. The van der Waals surface area contributed by atoms with Crippen molar-refractivity contribution in [2.24, 2.45) is 5.92 Å². The quantitative estimate of drug-likeness (QED) is 0.774. The van der Waals surface area contributed by atoms with Crippen molar-refractivity contribution in [3.05, 3.63) is 22.1 Å². The molecule has 0 radical (unpaired) electrons. The van der Waals surface area contributed by atoms with Gasteiger partial charge < -0.3 is 4.42 Å². The highest BCUT2D eigenvalue weighted by Crippen LogP contribution is 2.30. The molecule has 15 heavy (non-hydrogen) atoms. The van der Waals surface area contributed by atoms with E-state index in [4.69, 9.17) is 4.42 Å². The van der Waals surface area contributed by atoms with E-state index in [1.54, 1.807) is 6.07 Å². The van der Waals surface area contributed by atoms with E-state index in [1.807, 2.05) is 6.92 Å². The van der Waals surface area contributed by atoms with Gasteiger partial charge in [-0.3, -0.25) is 4.79 Å². The van der Waals surface area contributed by atoms with Gasteiger partial charge >= 0.3 is 0 Å². The largest absolute Gasteiger partial charge is 0.454 e. The zero-order valence-corrected chi connectivity index (χ0v) is 10.5. The molecule has 0 spiro atoms. The fourth-order valence-electron chi connectivity index (χ4n) is 2.31. The predicted molar refractivity (Wildman–Crippen MR) is 62.1 cm³/mol. The second-order valence-corrected chi connectivity index (χ2v) is 5.08. The van der Waals surface area contributed by atoms with Crippen molar-refractivity contribution in [1.82, 2.24) is 0 Å². The lowest BCUT2D eigenvalue weighted by atomic mass is 9.97. The van der Waals surface area contributed by atoms with E-state index in [2.05, 4.69) is 15.9 Å². The fraction of sp³-hybridized carbons (Fsp3) is 0.583. The summed E-state index contributed by atoms with van der Waals surface area (Å²) in [7, 11) is 0. The molecular formula is C12H15BrO2. The highest BCUT2D eigenvalue weighted by atomic mass is 79.9.